The predicted molar refractivity (Wildman–Crippen MR) is 98.8 cm³/mol. The summed E-state index contributed by atoms with van der Waals surface area (Å²) in [6.45, 7) is 8.20. The van der Waals surface area contributed by atoms with Crippen molar-refractivity contribution in [1.82, 2.24) is 4.57 Å². The zero-order chi connectivity index (χ0) is 18.4. The van der Waals surface area contributed by atoms with Crippen molar-refractivity contribution in [2.45, 2.75) is 32.9 Å². The van der Waals surface area contributed by atoms with Gasteiger partial charge in [0.15, 0.2) is 6.54 Å². The number of unbranched alkanes of at least 4 members (excludes halogenated alkanes) is 1. The number of para-hydroxylation sites is 2. The minimum atomic E-state index is -0.239. The Labute approximate surface area is 154 Å². The fraction of sp³-hybridized carbons (Fsp3) is 0.579. The molecule has 2 aromatic rings. The molecule has 1 aliphatic rings. The summed E-state index contributed by atoms with van der Waals surface area (Å²) in [7, 11) is 0. The second-order valence-electron chi connectivity index (χ2n) is 6.77. The van der Waals surface area contributed by atoms with Crippen LogP contribution >= 0.6 is 0 Å². The molecule has 0 atom stereocenters. The maximum absolute atomic E-state index is 12.2. The van der Waals surface area contributed by atoms with Gasteiger partial charge in [-0.2, -0.15) is 0 Å². The number of carbonyl (C=O) groups excluding carboxylic acids is 1. The Balaban J connectivity index is 1.76. The summed E-state index contributed by atoms with van der Waals surface area (Å²) in [6, 6.07) is 8.03. The van der Waals surface area contributed by atoms with Gasteiger partial charge >= 0.3 is 11.9 Å². The van der Waals surface area contributed by atoms with Gasteiger partial charge in [-0.25, -0.2) is 13.9 Å². The molecule has 1 aliphatic heterocycles. The molecule has 26 heavy (non-hydrogen) atoms. The summed E-state index contributed by atoms with van der Waals surface area (Å²) in [6.07, 6.45) is 1.89. The van der Waals surface area contributed by atoms with E-state index in [-0.39, 0.29) is 12.5 Å². The number of rotatable bonds is 8. The molecule has 3 N–H and O–H groups in total. The number of benzene rings is 1. The van der Waals surface area contributed by atoms with Crippen LogP contribution < -0.4 is 15.2 Å². The quantitative estimate of drug-likeness (QED) is 0.386. The third kappa shape index (κ3) is 4.34. The highest BCUT2D eigenvalue weighted by Gasteiger charge is 2.24. The standard InChI is InChI=1S/C19H28N4O3/c1-2-3-12-26-18(24)15-23-17-7-5-4-6-16(17)22(19(23)20)9-8-21-10-13-25-14-11-21/h4-7,20H,2-3,8-15H2,1H3/p+2. The number of hydrogen-bond donors (Lipinski definition) is 2. The number of nitrogens with one attached hydrogen (secondary N) is 1. The summed E-state index contributed by atoms with van der Waals surface area (Å²) >= 11 is 0. The lowest BCUT2D eigenvalue weighted by atomic mass is 10.3. The lowest BCUT2D eigenvalue weighted by molar-refractivity contribution is -0.908. The number of quaternary nitrogens is 1. The van der Waals surface area contributed by atoms with E-state index >= 15 is 0 Å². The van der Waals surface area contributed by atoms with Crippen molar-refractivity contribution in [3.8, 4) is 0 Å². The number of fused-ring (bicyclic) bond motifs is 1. The molecule has 0 bridgehead atoms. The van der Waals surface area contributed by atoms with E-state index in [1.54, 1.807) is 0 Å². The Morgan fingerprint density at radius 3 is 2.88 bits per heavy atom. The highest BCUT2D eigenvalue weighted by atomic mass is 16.5. The molecule has 0 amide bonds. The van der Waals surface area contributed by atoms with E-state index in [1.165, 1.54) is 4.90 Å². The molecule has 3 rings (SSSR count). The van der Waals surface area contributed by atoms with Crippen molar-refractivity contribution in [3.05, 3.63) is 24.3 Å². The first kappa shape index (κ1) is 18.7. The number of nitrogen functional groups attached to an aromatic ring is 1. The Hall–Kier alpha value is -2.12. The minimum Gasteiger partial charge on any atom is -0.463 e. The van der Waals surface area contributed by atoms with Gasteiger partial charge in [-0.15, -0.1) is 0 Å². The van der Waals surface area contributed by atoms with Gasteiger partial charge in [-0.1, -0.05) is 25.5 Å². The fourth-order valence-corrected chi connectivity index (χ4v) is 3.40. The van der Waals surface area contributed by atoms with Gasteiger partial charge < -0.3 is 14.4 Å². The third-order valence-electron chi connectivity index (χ3n) is 4.95. The number of carbonyl (C=O) groups is 1. The molecule has 7 nitrogen and oxygen atoms in total. The highest BCUT2D eigenvalue weighted by molar-refractivity contribution is 5.75. The summed E-state index contributed by atoms with van der Waals surface area (Å²) in [5.41, 5.74) is 8.44. The first-order valence-corrected chi connectivity index (χ1v) is 9.54. The van der Waals surface area contributed by atoms with Crippen LogP contribution in [0.5, 0.6) is 0 Å². The van der Waals surface area contributed by atoms with E-state index in [4.69, 9.17) is 15.2 Å². The Morgan fingerprint density at radius 2 is 2.12 bits per heavy atom. The lowest BCUT2D eigenvalue weighted by Gasteiger charge is -2.23. The van der Waals surface area contributed by atoms with Crippen LogP contribution in [0.15, 0.2) is 24.3 Å². The number of imidazole rings is 1. The molecule has 0 saturated carbocycles. The first-order valence-electron chi connectivity index (χ1n) is 9.54. The molecule has 0 aliphatic carbocycles. The van der Waals surface area contributed by atoms with Crippen LogP contribution in [0.25, 0.3) is 11.0 Å². The molecule has 2 heterocycles. The zero-order valence-corrected chi connectivity index (χ0v) is 15.6. The largest absolute Gasteiger partial charge is 0.463 e. The predicted octanol–water partition coefficient (Wildman–Crippen LogP) is -0.231. The highest BCUT2D eigenvalue weighted by Crippen LogP contribution is 2.15. The summed E-state index contributed by atoms with van der Waals surface area (Å²) in [5.74, 6) is 0.364. The van der Waals surface area contributed by atoms with E-state index in [9.17, 15) is 4.79 Å². The molecular weight excluding hydrogens is 332 g/mol. The Bertz CT molecular complexity index is 738. The smallest absolute Gasteiger partial charge is 0.356 e. The van der Waals surface area contributed by atoms with E-state index in [1.807, 2.05) is 22.8 Å². The molecular formula is C19H30N4O3+2. The number of esters is 1. The molecule has 1 saturated heterocycles. The molecule has 1 fully saturated rings. The zero-order valence-electron chi connectivity index (χ0n) is 15.6. The number of aromatic nitrogens is 2. The Morgan fingerprint density at radius 1 is 1.35 bits per heavy atom. The maximum Gasteiger partial charge on any atom is 0.356 e. The van der Waals surface area contributed by atoms with Crippen LogP contribution in [0.4, 0.5) is 5.95 Å². The normalized spacial score (nSPS) is 15.4. The first-order chi connectivity index (χ1) is 12.7. The monoisotopic (exact) mass is 362 g/mol. The topological polar surface area (TPSA) is 74.8 Å². The Kier molecular flexibility index (Phi) is 6.46. The number of nitrogens with zero attached hydrogens (tertiary/aromatic N) is 2. The number of ether oxygens (including phenoxy) is 2. The summed E-state index contributed by atoms with van der Waals surface area (Å²) in [5, 5.41) is 0. The van der Waals surface area contributed by atoms with Crippen molar-refractivity contribution in [3.63, 3.8) is 0 Å². The molecule has 7 heteroatoms. The molecule has 0 unspecified atom stereocenters. The molecule has 1 aromatic heterocycles. The molecule has 1 aromatic carbocycles. The second kappa shape index (κ2) is 9.00. The van der Waals surface area contributed by atoms with Crippen LogP contribution in [0, 0.1) is 0 Å². The fourth-order valence-electron chi connectivity index (χ4n) is 3.40. The number of nitrogens with two attached hydrogens (primary N) is 1. The number of anilines is 1. The average molecular weight is 362 g/mol. The van der Waals surface area contributed by atoms with Gasteiger partial charge in [-0.05, 0) is 18.6 Å². The van der Waals surface area contributed by atoms with Crippen molar-refractivity contribution in [1.29, 1.82) is 0 Å². The third-order valence-corrected chi connectivity index (χ3v) is 4.95. The van der Waals surface area contributed by atoms with Gasteiger partial charge in [0.2, 0.25) is 0 Å². The van der Waals surface area contributed by atoms with E-state index < -0.39 is 0 Å². The maximum atomic E-state index is 12.2. The molecule has 0 radical (unpaired) electrons. The van der Waals surface area contributed by atoms with E-state index in [0.717, 1.165) is 63.3 Å². The lowest BCUT2D eigenvalue weighted by Crippen LogP contribution is -3.14. The van der Waals surface area contributed by atoms with Crippen molar-refractivity contribution >= 4 is 23.0 Å². The van der Waals surface area contributed by atoms with Crippen LogP contribution in [0.1, 0.15) is 19.8 Å². The van der Waals surface area contributed by atoms with Gasteiger partial charge in [-0.3, -0.25) is 5.73 Å². The summed E-state index contributed by atoms with van der Waals surface area (Å²) in [4.78, 5) is 13.7. The minimum absolute atomic E-state index is 0.146. The van der Waals surface area contributed by atoms with E-state index in [2.05, 4.69) is 17.6 Å². The number of morpholine rings is 1. The van der Waals surface area contributed by atoms with Gasteiger partial charge in [0.05, 0.1) is 19.8 Å². The summed E-state index contributed by atoms with van der Waals surface area (Å²) < 4.78 is 14.7. The van der Waals surface area contributed by atoms with Crippen LogP contribution in [0.2, 0.25) is 0 Å². The SMILES string of the molecule is CCCCOC(=O)C[n+]1c(N)n(CC[NH+]2CCOCC2)c2ccccc21. The average Bonchev–Trinajstić information content (AvgIpc) is 2.93. The van der Waals surface area contributed by atoms with Gasteiger partial charge in [0.25, 0.3) is 0 Å². The molecule has 0 spiro atoms. The van der Waals surface area contributed by atoms with E-state index in [0.29, 0.717) is 12.6 Å². The van der Waals surface area contributed by atoms with Crippen LogP contribution in [0.3, 0.4) is 0 Å². The van der Waals surface area contributed by atoms with Crippen LogP contribution in [-0.4, -0.2) is 50.0 Å². The van der Waals surface area contributed by atoms with Gasteiger partial charge in [0, 0.05) is 0 Å². The van der Waals surface area contributed by atoms with Crippen molar-refractivity contribution < 1.29 is 23.7 Å². The van der Waals surface area contributed by atoms with Crippen molar-refractivity contribution in [2.24, 2.45) is 0 Å². The van der Waals surface area contributed by atoms with Crippen LogP contribution in [-0.2, 0) is 27.4 Å². The second-order valence-corrected chi connectivity index (χ2v) is 6.77. The van der Waals surface area contributed by atoms with Crippen molar-refractivity contribution in [2.75, 3.05) is 45.2 Å². The number of hydrogen-bond acceptors (Lipinski definition) is 4. The van der Waals surface area contributed by atoms with Gasteiger partial charge in [0.1, 0.15) is 37.2 Å². The molecule has 142 valence electrons.